The Bertz CT molecular complexity index is 1240. The fourth-order valence-corrected chi connectivity index (χ4v) is 3.24. The van der Waals surface area contributed by atoms with Crippen LogP contribution in [-0.4, -0.2) is 10.8 Å². The monoisotopic (exact) mass is 492 g/mol. The number of amides is 1. The van der Waals surface area contributed by atoms with Crippen molar-refractivity contribution in [1.82, 2.24) is 0 Å². The second kappa shape index (κ2) is 9.34. The Morgan fingerprint density at radius 3 is 2.15 bits per heavy atom. The Balaban J connectivity index is 1.97. The predicted octanol–water partition coefficient (Wildman–Crippen LogP) is 7.61. The van der Waals surface area contributed by atoms with Gasteiger partial charge in [-0.25, -0.2) is 0 Å². The highest BCUT2D eigenvalue weighted by Crippen LogP contribution is 2.38. The lowest BCUT2D eigenvalue weighted by Crippen LogP contribution is -2.15. The third-order valence-electron chi connectivity index (χ3n) is 4.91. The van der Waals surface area contributed by atoms with Crippen molar-refractivity contribution in [2.75, 3.05) is 5.32 Å². The molecule has 0 aliphatic rings. The van der Waals surface area contributed by atoms with E-state index in [1.807, 2.05) is 32.9 Å². The highest BCUT2D eigenvalue weighted by molar-refractivity contribution is 6.34. The highest BCUT2D eigenvalue weighted by Gasteiger charge is 2.31. The second-order valence-electron chi connectivity index (χ2n) is 8.46. The zero-order chi connectivity index (χ0) is 25.3. The minimum Gasteiger partial charge on any atom is -0.455 e. The topological polar surface area (TPSA) is 81.5 Å². The Kier molecular flexibility index (Phi) is 6.88. The van der Waals surface area contributed by atoms with Gasteiger partial charge < -0.3 is 10.1 Å². The number of hydrogen-bond donors (Lipinski definition) is 1. The molecule has 6 nitrogen and oxygen atoms in total. The van der Waals surface area contributed by atoms with E-state index in [1.54, 1.807) is 12.1 Å². The number of nitrogens with zero attached hydrogens (tertiary/aromatic N) is 1. The van der Waals surface area contributed by atoms with Gasteiger partial charge in [0, 0.05) is 12.1 Å². The van der Waals surface area contributed by atoms with E-state index in [4.69, 9.17) is 16.3 Å². The zero-order valence-corrected chi connectivity index (χ0v) is 19.1. The van der Waals surface area contributed by atoms with Crippen molar-refractivity contribution in [3.8, 4) is 11.5 Å². The molecule has 0 spiro atoms. The molecule has 0 bridgehead atoms. The molecule has 0 saturated heterocycles. The quantitative estimate of drug-likeness (QED) is 0.293. The summed E-state index contributed by atoms with van der Waals surface area (Å²) < 4.78 is 45.6. The number of alkyl halides is 3. The molecule has 0 heterocycles. The Labute approximate surface area is 198 Å². The molecular formula is C24H20ClF3N2O4. The lowest BCUT2D eigenvalue weighted by atomic mass is 9.87. The molecule has 0 radical (unpaired) electrons. The molecule has 34 heavy (non-hydrogen) atoms. The Morgan fingerprint density at radius 2 is 1.59 bits per heavy atom. The lowest BCUT2D eigenvalue weighted by Gasteiger charge is -2.19. The first-order valence-electron chi connectivity index (χ1n) is 10.0. The summed E-state index contributed by atoms with van der Waals surface area (Å²) in [6, 6.07) is 12.9. The summed E-state index contributed by atoms with van der Waals surface area (Å²) >= 11 is 5.99. The van der Waals surface area contributed by atoms with E-state index >= 15 is 0 Å². The molecule has 0 unspecified atom stereocenters. The fraction of sp³-hybridized carbons (Fsp3) is 0.208. The summed E-state index contributed by atoms with van der Waals surface area (Å²) in [6.07, 6.45) is -4.67. The van der Waals surface area contributed by atoms with E-state index < -0.39 is 28.3 Å². The summed E-state index contributed by atoms with van der Waals surface area (Å²) in [5.74, 6) is -0.635. The molecule has 0 aliphatic heterocycles. The first-order valence-corrected chi connectivity index (χ1v) is 10.4. The van der Waals surface area contributed by atoms with Crippen molar-refractivity contribution in [3.63, 3.8) is 0 Å². The van der Waals surface area contributed by atoms with E-state index in [1.165, 1.54) is 0 Å². The number of nitrogens with one attached hydrogen (secondary N) is 1. The van der Waals surface area contributed by atoms with Gasteiger partial charge in [0.25, 0.3) is 11.6 Å². The second-order valence-corrected chi connectivity index (χ2v) is 8.87. The average molecular weight is 493 g/mol. The molecule has 0 aromatic heterocycles. The summed E-state index contributed by atoms with van der Waals surface area (Å²) in [5.41, 5.74) is -1.03. The third kappa shape index (κ3) is 5.85. The normalized spacial score (nSPS) is 11.7. The smallest absolute Gasteiger partial charge is 0.416 e. The maximum absolute atomic E-state index is 13.3. The van der Waals surface area contributed by atoms with Crippen LogP contribution in [0.3, 0.4) is 0 Å². The van der Waals surface area contributed by atoms with Crippen LogP contribution in [0.1, 0.15) is 42.3 Å². The number of carbonyl (C=O) groups is 1. The SMILES string of the molecule is CC(C)(C)c1ccc(Oc2ccc(C(F)(F)F)cc2NC(=O)c2cc([N+](=O)[O-])ccc2Cl)cc1. The number of rotatable bonds is 5. The summed E-state index contributed by atoms with van der Waals surface area (Å²) in [5, 5.41) is 13.3. The molecule has 0 saturated carbocycles. The molecule has 1 N–H and O–H groups in total. The van der Waals surface area contributed by atoms with Gasteiger partial charge in [-0.05, 0) is 47.4 Å². The number of carbonyl (C=O) groups excluding carboxylic acids is 1. The Morgan fingerprint density at radius 1 is 0.971 bits per heavy atom. The lowest BCUT2D eigenvalue weighted by molar-refractivity contribution is -0.384. The number of non-ortho nitro benzene ring substituents is 1. The van der Waals surface area contributed by atoms with Crippen LogP contribution in [0.15, 0.2) is 60.7 Å². The summed E-state index contributed by atoms with van der Waals surface area (Å²) in [6.45, 7) is 6.10. The van der Waals surface area contributed by atoms with Crippen molar-refractivity contribution < 1.29 is 27.6 Å². The average Bonchev–Trinajstić information content (AvgIpc) is 2.74. The zero-order valence-electron chi connectivity index (χ0n) is 18.4. The highest BCUT2D eigenvalue weighted by atomic mass is 35.5. The molecule has 10 heteroatoms. The van der Waals surface area contributed by atoms with Crippen molar-refractivity contribution in [2.45, 2.75) is 32.4 Å². The number of hydrogen-bond acceptors (Lipinski definition) is 4. The van der Waals surface area contributed by atoms with Gasteiger partial charge >= 0.3 is 6.18 Å². The van der Waals surface area contributed by atoms with Crippen LogP contribution in [0.25, 0.3) is 0 Å². The first-order chi connectivity index (χ1) is 15.8. The number of nitro benzene ring substituents is 1. The summed E-state index contributed by atoms with van der Waals surface area (Å²) in [7, 11) is 0. The van der Waals surface area contributed by atoms with Gasteiger partial charge in [0.05, 0.1) is 26.8 Å². The maximum Gasteiger partial charge on any atom is 0.416 e. The van der Waals surface area contributed by atoms with E-state index in [0.29, 0.717) is 5.75 Å². The van der Waals surface area contributed by atoms with Crippen LogP contribution in [0.4, 0.5) is 24.5 Å². The fourth-order valence-electron chi connectivity index (χ4n) is 3.03. The standard InChI is InChI=1S/C24H20ClF3N2O4/c1-23(2,3)14-4-8-17(9-5-14)34-21-11-6-15(24(26,27)28)12-20(21)29-22(31)18-13-16(30(32)33)7-10-19(18)25/h4-13H,1-3H3,(H,29,31). The van der Waals surface area contributed by atoms with Gasteiger partial charge in [-0.3, -0.25) is 14.9 Å². The van der Waals surface area contributed by atoms with Crippen molar-refractivity contribution in [1.29, 1.82) is 0 Å². The van der Waals surface area contributed by atoms with E-state index in [9.17, 15) is 28.1 Å². The van der Waals surface area contributed by atoms with Crippen LogP contribution < -0.4 is 10.1 Å². The van der Waals surface area contributed by atoms with Crippen molar-refractivity contribution >= 4 is 28.9 Å². The molecule has 178 valence electrons. The van der Waals surface area contributed by atoms with Gasteiger partial charge in [-0.2, -0.15) is 13.2 Å². The minimum atomic E-state index is -4.67. The van der Waals surface area contributed by atoms with Crippen molar-refractivity contribution in [3.05, 3.63) is 92.5 Å². The van der Waals surface area contributed by atoms with E-state index in [0.717, 1.165) is 42.0 Å². The molecule has 3 aromatic rings. The molecule has 0 atom stereocenters. The minimum absolute atomic E-state index is 0.0496. The van der Waals surface area contributed by atoms with Crippen LogP contribution >= 0.6 is 11.6 Å². The van der Waals surface area contributed by atoms with Crippen LogP contribution in [-0.2, 0) is 11.6 Å². The molecule has 0 aliphatic carbocycles. The van der Waals surface area contributed by atoms with Crippen LogP contribution in [0.5, 0.6) is 11.5 Å². The Hall–Kier alpha value is -3.59. The van der Waals surface area contributed by atoms with E-state index in [2.05, 4.69) is 5.32 Å². The number of benzene rings is 3. The third-order valence-corrected chi connectivity index (χ3v) is 5.24. The molecule has 1 amide bonds. The van der Waals surface area contributed by atoms with E-state index in [-0.39, 0.29) is 27.4 Å². The van der Waals surface area contributed by atoms with Gasteiger partial charge in [0.1, 0.15) is 5.75 Å². The van der Waals surface area contributed by atoms with Gasteiger partial charge in [0.15, 0.2) is 5.75 Å². The molecular weight excluding hydrogens is 473 g/mol. The number of nitro groups is 1. The van der Waals surface area contributed by atoms with Crippen molar-refractivity contribution in [2.24, 2.45) is 0 Å². The van der Waals surface area contributed by atoms with Gasteiger partial charge in [-0.15, -0.1) is 0 Å². The molecule has 3 aromatic carbocycles. The first kappa shape index (κ1) is 25.0. The van der Waals surface area contributed by atoms with Gasteiger partial charge in [-0.1, -0.05) is 44.5 Å². The van der Waals surface area contributed by atoms with Crippen LogP contribution in [0, 0.1) is 10.1 Å². The number of ether oxygens (including phenoxy) is 1. The van der Waals surface area contributed by atoms with Gasteiger partial charge in [0.2, 0.25) is 0 Å². The summed E-state index contributed by atoms with van der Waals surface area (Å²) in [4.78, 5) is 23.1. The largest absolute Gasteiger partial charge is 0.455 e. The predicted molar refractivity (Wildman–Crippen MR) is 123 cm³/mol. The number of halogens is 4. The molecule has 3 rings (SSSR count). The van der Waals surface area contributed by atoms with Crippen LogP contribution in [0.2, 0.25) is 5.02 Å². The number of anilines is 1. The maximum atomic E-state index is 13.3. The molecule has 0 fully saturated rings.